The molecule has 2 rings (SSSR count). The Morgan fingerprint density at radius 1 is 1.38 bits per heavy atom. The van der Waals surface area contributed by atoms with E-state index in [4.69, 9.17) is 15.0 Å². The van der Waals surface area contributed by atoms with Crippen LogP contribution in [-0.4, -0.2) is 11.8 Å². The number of ether oxygens (including phenoxy) is 1. The molecule has 0 saturated heterocycles. The maximum Gasteiger partial charge on any atom is 0.150 e. The standard InChI is InChI=1S/C12H14N2O2/c1-2-15-12-6-4-3-5-10(12)11-7-9(8-13)16-14-11/h3-7H,2,8,13H2,1H3. The van der Waals surface area contributed by atoms with Crippen LogP contribution in [-0.2, 0) is 6.54 Å². The molecule has 0 amide bonds. The topological polar surface area (TPSA) is 61.3 Å². The molecule has 0 unspecified atom stereocenters. The highest BCUT2D eigenvalue weighted by atomic mass is 16.5. The summed E-state index contributed by atoms with van der Waals surface area (Å²) in [7, 11) is 0. The molecule has 0 aliphatic rings. The first-order valence-electron chi connectivity index (χ1n) is 5.23. The predicted molar refractivity (Wildman–Crippen MR) is 61.0 cm³/mol. The fourth-order valence-corrected chi connectivity index (χ4v) is 1.50. The van der Waals surface area contributed by atoms with E-state index < -0.39 is 0 Å². The molecule has 0 atom stereocenters. The third kappa shape index (κ3) is 2.06. The molecule has 0 aliphatic carbocycles. The monoisotopic (exact) mass is 218 g/mol. The number of rotatable bonds is 4. The van der Waals surface area contributed by atoms with Gasteiger partial charge in [-0.2, -0.15) is 0 Å². The Morgan fingerprint density at radius 3 is 2.88 bits per heavy atom. The molecule has 0 saturated carbocycles. The Hall–Kier alpha value is -1.81. The van der Waals surface area contributed by atoms with Gasteiger partial charge < -0.3 is 15.0 Å². The van der Waals surface area contributed by atoms with Crippen LogP contribution in [0.25, 0.3) is 11.3 Å². The molecule has 84 valence electrons. The molecule has 4 nitrogen and oxygen atoms in total. The molecule has 2 N–H and O–H groups in total. The summed E-state index contributed by atoms with van der Waals surface area (Å²) in [5, 5.41) is 3.97. The molecule has 0 fully saturated rings. The zero-order valence-electron chi connectivity index (χ0n) is 9.14. The molecule has 1 heterocycles. The van der Waals surface area contributed by atoms with Gasteiger partial charge in [-0.15, -0.1) is 0 Å². The Labute approximate surface area is 94.0 Å². The first-order valence-corrected chi connectivity index (χ1v) is 5.23. The van der Waals surface area contributed by atoms with Crippen molar-refractivity contribution in [1.82, 2.24) is 5.16 Å². The number of aromatic nitrogens is 1. The van der Waals surface area contributed by atoms with Crippen molar-refractivity contribution in [2.24, 2.45) is 5.73 Å². The van der Waals surface area contributed by atoms with Crippen molar-refractivity contribution >= 4 is 0 Å². The van der Waals surface area contributed by atoms with Gasteiger partial charge in [-0.1, -0.05) is 17.3 Å². The summed E-state index contributed by atoms with van der Waals surface area (Å²) >= 11 is 0. The van der Waals surface area contributed by atoms with E-state index in [1.807, 2.05) is 37.3 Å². The van der Waals surface area contributed by atoms with Crippen molar-refractivity contribution < 1.29 is 9.26 Å². The quantitative estimate of drug-likeness (QED) is 0.854. The second-order valence-electron chi connectivity index (χ2n) is 3.31. The van der Waals surface area contributed by atoms with E-state index in [0.717, 1.165) is 17.0 Å². The number of benzene rings is 1. The number of hydrogen-bond acceptors (Lipinski definition) is 4. The zero-order chi connectivity index (χ0) is 11.4. The van der Waals surface area contributed by atoms with Crippen LogP contribution in [0.5, 0.6) is 5.75 Å². The largest absolute Gasteiger partial charge is 0.493 e. The van der Waals surface area contributed by atoms with Gasteiger partial charge in [0.25, 0.3) is 0 Å². The van der Waals surface area contributed by atoms with E-state index in [1.54, 1.807) is 0 Å². The lowest BCUT2D eigenvalue weighted by molar-refractivity contribution is 0.341. The summed E-state index contributed by atoms with van der Waals surface area (Å²) in [6.07, 6.45) is 0. The van der Waals surface area contributed by atoms with Gasteiger partial charge in [0.1, 0.15) is 11.4 Å². The van der Waals surface area contributed by atoms with E-state index in [2.05, 4.69) is 5.16 Å². The lowest BCUT2D eigenvalue weighted by atomic mass is 10.1. The molecular weight excluding hydrogens is 204 g/mol. The first-order chi connectivity index (χ1) is 7.85. The van der Waals surface area contributed by atoms with Crippen LogP contribution in [0.4, 0.5) is 0 Å². The van der Waals surface area contributed by atoms with Gasteiger partial charge in [-0.05, 0) is 19.1 Å². The summed E-state index contributed by atoms with van der Waals surface area (Å²) < 4.78 is 10.6. The summed E-state index contributed by atoms with van der Waals surface area (Å²) in [4.78, 5) is 0. The second-order valence-corrected chi connectivity index (χ2v) is 3.31. The van der Waals surface area contributed by atoms with Crippen molar-refractivity contribution in [3.05, 3.63) is 36.1 Å². The molecule has 0 bridgehead atoms. The summed E-state index contributed by atoms with van der Waals surface area (Å²) in [5.41, 5.74) is 7.15. The molecule has 4 heteroatoms. The second kappa shape index (κ2) is 4.81. The van der Waals surface area contributed by atoms with Crippen LogP contribution in [0.2, 0.25) is 0 Å². The molecule has 16 heavy (non-hydrogen) atoms. The normalized spacial score (nSPS) is 10.4. The van der Waals surface area contributed by atoms with E-state index in [9.17, 15) is 0 Å². The van der Waals surface area contributed by atoms with Crippen molar-refractivity contribution in [3.63, 3.8) is 0 Å². The third-order valence-electron chi connectivity index (χ3n) is 2.22. The summed E-state index contributed by atoms with van der Waals surface area (Å²) in [6, 6.07) is 9.56. The van der Waals surface area contributed by atoms with Gasteiger partial charge in [0.05, 0.1) is 13.2 Å². The highest BCUT2D eigenvalue weighted by Crippen LogP contribution is 2.29. The van der Waals surface area contributed by atoms with E-state index in [-0.39, 0.29) is 0 Å². The Balaban J connectivity index is 2.38. The Kier molecular flexibility index (Phi) is 3.22. The minimum absolute atomic E-state index is 0.351. The van der Waals surface area contributed by atoms with E-state index in [1.165, 1.54) is 0 Å². The molecule has 1 aromatic heterocycles. The zero-order valence-corrected chi connectivity index (χ0v) is 9.14. The number of hydrogen-bond donors (Lipinski definition) is 1. The van der Waals surface area contributed by atoms with Gasteiger partial charge in [0.15, 0.2) is 5.76 Å². The molecule has 0 aliphatic heterocycles. The average Bonchev–Trinajstić information content (AvgIpc) is 2.79. The summed E-state index contributed by atoms with van der Waals surface area (Å²) in [6.45, 7) is 2.92. The lowest BCUT2D eigenvalue weighted by Gasteiger charge is -2.06. The number of para-hydroxylation sites is 1. The van der Waals surface area contributed by atoms with Crippen molar-refractivity contribution in [2.75, 3.05) is 6.61 Å². The van der Waals surface area contributed by atoms with Crippen molar-refractivity contribution in [1.29, 1.82) is 0 Å². The lowest BCUT2D eigenvalue weighted by Crippen LogP contribution is -1.94. The maximum absolute atomic E-state index is 5.52. The highest BCUT2D eigenvalue weighted by Gasteiger charge is 2.10. The third-order valence-corrected chi connectivity index (χ3v) is 2.22. The van der Waals surface area contributed by atoms with Gasteiger partial charge in [0.2, 0.25) is 0 Å². The number of nitrogens with two attached hydrogens (primary N) is 1. The van der Waals surface area contributed by atoms with Crippen LogP contribution in [0.3, 0.4) is 0 Å². The smallest absolute Gasteiger partial charge is 0.150 e. The fourth-order valence-electron chi connectivity index (χ4n) is 1.50. The average molecular weight is 218 g/mol. The summed E-state index contributed by atoms with van der Waals surface area (Å²) in [5.74, 6) is 1.48. The van der Waals surface area contributed by atoms with E-state index in [0.29, 0.717) is 18.9 Å². The Morgan fingerprint density at radius 2 is 2.19 bits per heavy atom. The minimum Gasteiger partial charge on any atom is -0.493 e. The van der Waals surface area contributed by atoms with Crippen LogP contribution in [0, 0.1) is 0 Å². The van der Waals surface area contributed by atoms with Gasteiger partial charge in [0, 0.05) is 11.6 Å². The van der Waals surface area contributed by atoms with Gasteiger partial charge in [-0.3, -0.25) is 0 Å². The van der Waals surface area contributed by atoms with Crippen molar-refractivity contribution in [2.45, 2.75) is 13.5 Å². The maximum atomic E-state index is 5.52. The van der Waals surface area contributed by atoms with Gasteiger partial charge in [-0.25, -0.2) is 0 Å². The number of nitrogens with zero attached hydrogens (tertiary/aromatic N) is 1. The molecule has 0 spiro atoms. The molecule has 1 aromatic carbocycles. The molecular formula is C12H14N2O2. The SMILES string of the molecule is CCOc1ccccc1-c1cc(CN)on1. The minimum atomic E-state index is 0.351. The first kappa shape index (κ1) is 10.7. The predicted octanol–water partition coefficient (Wildman–Crippen LogP) is 2.20. The molecule has 0 radical (unpaired) electrons. The highest BCUT2D eigenvalue weighted by molar-refractivity contribution is 5.66. The fraction of sp³-hybridized carbons (Fsp3) is 0.250. The van der Waals surface area contributed by atoms with E-state index >= 15 is 0 Å². The molecule has 2 aromatic rings. The van der Waals surface area contributed by atoms with Crippen molar-refractivity contribution in [3.8, 4) is 17.0 Å². The van der Waals surface area contributed by atoms with Crippen LogP contribution in [0.15, 0.2) is 34.9 Å². The van der Waals surface area contributed by atoms with Crippen LogP contribution < -0.4 is 10.5 Å². The van der Waals surface area contributed by atoms with Crippen LogP contribution >= 0.6 is 0 Å². The van der Waals surface area contributed by atoms with Crippen LogP contribution in [0.1, 0.15) is 12.7 Å². The Bertz CT molecular complexity index is 466. The van der Waals surface area contributed by atoms with Gasteiger partial charge >= 0.3 is 0 Å².